The lowest BCUT2D eigenvalue weighted by molar-refractivity contribution is 0.0137. The van der Waals surface area contributed by atoms with Gasteiger partial charge in [0.2, 0.25) is 0 Å². The van der Waals surface area contributed by atoms with Gasteiger partial charge in [0.15, 0.2) is 6.23 Å². The van der Waals surface area contributed by atoms with Crippen molar-refractivity contribution in [2.24, 2.45) is 0 Å². The molecule has 1 atom stereocenters. The van der Waals surface area contributed by atoms with E-state index in [9.17, 15) is 9.90 Å². The Morgan fingerprint density at radius 1 is 1.00 bits per heavy atom. The number of aliphatic hydroxyl groups excluding tert-OH is 1. The molecule has 1 amide bonds. The molecule has 0 radical (unpaired) electrons. The topological polar surface area (TPSA) is 40.5 Å². The first-order valence-corrected chi connectivity index (χ1v) is 5.89. The number of hydrogen-bond acceptors (Lipinski definition) is 2. The number of carbonyl (C=O) groups is 1. The summed E-state index contributed by atoms with van der Waals surface area (Å²) in [5.41, 5.74) is 2.30. The first-order valence-electron chi connectivity index (χ1n) is 5.89. The van der Waals surface area contributed by atoms with Crippen molar-refractivity contribution < 1.29 is 9.90 Å². The summed E-state index contributed by atoms with van der Waals surface area (Å²) in [6.07, 6.45) is -0.839. The van der Waals surface area contributed by atoms with Crippen molar-refractivity contribution in [2.75, 3.05) is 0 Å². The monoisotopic (exact) mass is 239 g/mol. The lowest BCUT2D eigenvalue weighted by atomic mass is 10.1. The Hall–Kier alpha value is -2.13. The van der Waals surface area contributed by atoms with Crippen LogP contribution in [0.3, 0.4) is 0 Å². The highest BCUT2D eigenvalue weighted by Gasteiger charge is 2.34. The minimum absolute atomic E-state index is 0.109. The summed E-state index contributed by atoms with van der Waals surface area (Å²) in [4.78, 5) is 13.7. The fourth-order valence-corrected chi connectivity index (χ4v) is 2.29. The smallest absolute Gasteiger partial charge is 0.256 e. The van der Waals surface area contributed by atoms with E-state index in [1.807, 2.05) is 42.5 Å². The second-order valence-corrected chi connectivity index (χ2v) is 4.38. The zero-order valence-corrected chi connectivity index (χ0v) is 9.78. The highest BCUT2D eigenvalue weighted by Crippen LogP contribution is 2.32. The maximum atomic E-state index is 12.2. The van der Waals surface area contributed by atoms with Crippen molar-refractivity contribution >= 4 is 5.91 Å². The summed E-state index contributed by atoms with van der Waals surface area (Å²) in [7, 11) is 0. The van der Waals surface area contributed by atoms with E-state index in [2.05, 4.69) is 0 Å². The maximum absolute atomic E-state index is 12.2. The van der Waals surface area contributed by atoms with Gasteiger partial charge in [-0.05, 0) is 11.6 Å². The molecule has 2 aromatic rings. The quantitative estimate of drug-likeness (QED) is 0.873. The molecule has 0 spiro atoms. The molecule has 0 unspecified atom stereocenters. The van der Waals surface area contributed by atoms with Gasteiger partial charge in [0.25, 0.3) is 5.91 Å². The highest BCUT2D eigenvalue weighted by atomic mass is 16.3. The first kappa shape index (κ1) is 11.0. The van der Waals surface area contributed by atoms with Crippen molar-refractivity contribution in [3.05, 3.63) is 71.3 Å². The molecule has 1 aliphatic rings. The Kier molecular flexibility index (Phi) is 2.61. The number of carbonyl (C=O) groups excluding carboxylic acids is 1. The molecule has 0 saturated heterocycles. The van der Waals surface area contributed by atoms with E-state index in [0.717, 1.165) is 5.56 Å². The molecule has 1 N–H and O–H groups in total. The van der Waals surface area contributed by atoms with E-state index >= 15 is 0 Å². The molecule has 0 aliphatic carbocycles. The molecular formula is C15H13NO2. The molecule has 18 heavy (non-hydrogen) atoms. The maximum Gasteiger partial charge on any atom is 0.256 e. The van der Waals surface area contributed by atoms with Crippen molar-refractivity contribution in [3.8, 4) is 0 Å². The molecule has 3 nitrogen and oxygen atoms in total. The molecule has 3 rings (SSSR count). The number of aliphatic hydroxyl groups is 1. The Bertz CT molecular complexity index is 580. The van der Waals surface area contributed by atoms with E-state index in [0.29, 0.717) is 17.7 Å². The molecule has 90 valence electrons. The molecule has 0 fully saturated rings. The lowest BCUT2D eigenvalue weighted by Gasteiger charge is -2.20. The zero-order chi connectivity index (χ0) is 12.5. The zero-order valence-electron chi connectivity index (χ0n) is 9.78. The number of nitrogens with zero attached hydrogens (tertiary/aromatic N) is 1. The average Bonchev–Trinajstić information content (AvgIpc) is 2.66. The van der Waals surface area contributed by atoms with Crippen LogP contribution in [0.15, 0.2) is 54.6 Å². The van der Waals surface area contributed by atoms with Gasteiger partial charge in [0, 0.05) is 17.7 Å². The van der Waals surface area contributed by atoms with Crippen LogP contribution in [-0.2, 0) is 6.54 Å². The van der Waals surface area contributed by atoms with Gasteiger partial charge in [-0.3, -0.25) is 4.79 Å². The molecule has 0 aromatic heterocycles. The number of fused-ring (bicyclic) bond motifs is 1. The van der Waals surface area contributed by atoms with Crippen molar-refractivity contribution in [1.29, 1.82) is 0 Å². The number of hydrogen-bond donors (Lipinski definition) is 1. The third-order valence-electron chi connectivity index (χ3n) is 3.22. The largest absolute Gasteiger partial charge is 0.369 e. The van der Waals surface area contributed by atoms with Gasteiger partial charge >= 0.3 is 0 Å². The molecule has 0 saturated carbocycles. The van der Waals surface area contributed by atoms with E-state index in [-0.39, 0.29) is 5.91 Å². The van der Waals surface area contributed by atoms with Crippen molar-refractivity contribution in [3.63, 3.8) is 0 Å². The molecule has 1 heterocycles. The summed E-state index contributed by atoms with van der Waals surface area (Å²) < 4.78 is 0. The van der Waals surface area contributed by atoms with Crippen LogP contribution in [0.2, 0.25) is 0 Å². The van der Waals surface area contributed by atoms with E-state index in [1.54, 1.807) is 12.1 Å². The molecule has 3 heteroatoms. The summed E-state index contributed by atoms with van der Waals surface area (Å²) >= 11 is 0. The first-order chi connectivity index (χ1) is 8.77. The van der Waals surface area contributed by atoms with Crippen LogP contribution < -0.4 is 0 Å². The van der Waals surface area contributed by atoms with Gasteiger partial charge in [-0.25, -0.2) is 0 Å². The van der Waals surface area contributed by atoms with Crippen LogP contribution in [0, 0.1) is 0 Å². The van der Waals surface area contributed by atoms with E-state index < -0.39 is 6.23 Å². The Labute approximate surface area is 105 Å². The fraction of sp³-hybridized carbons (Fsp3) is 0.133. The third-order valence-corrected chi connectivity index (χ3v) is 3.22. The molecule has 2 aromatic carbocycles. The van der Waals surface area contributed by atoms with E-state index in [4.69, 9.17) is 0 Å². The number of rotatable bonds is 2. The van der Waals surface area contributed by atoms with Crippen molar-refractivity contribution in [1.82, 2.24) is 4.90 Å². The van der Waals surface area contributed by atoms with Gasteiger partial charge in [0.05, 0.1) is 0 Å². The minimum atomic E-state index is -0.839. The number of amides is 1. The fourth-order valence-electron chi connectivity index (χ4n) is 2.29. The summed E-state index contributed by atoms with van der Waals surface area (Å²) in [6, 6.07) is 16.9. The van der Waals surface area contributed by atoms with Crippen LogP contribution in [-0.4, -0.2) is 15.9 Å². The summed E-state index contributed by atoms with van der Waals surface area (Å²) in [6.45, 7) is 0.426. The van der Waals surface area contributed by atoms with Crippen LogP contribution in [0.4, 0.5) is 0 Å². The van der Waals surface area contributed by atoms with Gasteiger partial charge < -0.3 is 10.0 Å². The predicted molar refractivity (Wildman–Crippen MR) is 67.7 cm³/mol. The van der Waals surface area contributed by atoms with Gasteiger partial charge in [-0.1, -0.05) is 48.5 Å². The van der Waals surface area contributed by atoms with Crippen LogP contribution in [0.25, 0.3) is 0 Å². The second kappa shape index (κ2) is 4.27. The van der Waals surface area contributed by atoms with Gasteiger partial charge in [-0.2, -0.15) is 0 Å². The summed E-state index contributed by atoms with van der Waals surface area (Å²) in [5.74, 6) is -0.109. The molecular weight excluding hydrogens is 226 g/mol. The van der Waals surface area contributed by atoms with Gasteiger partial charge in [-0.15, -0.1) is 0 Å². The molecule has 0 bridgehead atoms. The lowest BCUT2D eigenvalue weighted by Crippen LogP contribution is -2.27. The third kappa shape index (κ3) is 1.69. The van der Waals surface area contributed by atoms with Crippen LogP contribution >= 0.6 is 0 Å². The minimum Gasteiger partial charge on any atom is -0.369 e. The Morgan fingerprint density at radius 2 is 1.67 bits per heavy atom. The normalized spacial score (nSPS) is 17.9. The molecule has 1 aliphatic heterocycles. The SMILES string of the molecule is O=C1c2ccccc2[C@@H](O)N1Cc1ccccc1. The van der Waals surface area contributed by atoms with Gasteiger partial charge in [0.1, 0.15) is 0 Å². The number of benzene rings is 2. The van der Waals surface area contributed by atoms with Crippen LogP contribution in [0.1, 0.15) is 27.7 Å². The van der Waals surface area contributed by atoms with E-state index in [1.165, 1.54) is 4.90 Å². The predicted octanol–water partition coefficient (Wildman–Crippen LogP) is 2.33. The summed E-state index contributed by atoms with van der Waals surface area (Å²) in [5, 5.41) is 10.2. The van der Waals surface area contributed by atoms with Crippen LogP contribution in [0.5, 0.6) is 0 Å². The Balaban J connectivity index is 1.91. The Morgan fingerprint density at radius 3 is 2.39 bits per heavy atom. The average molecular weight is 239 g/mol. The van der Waals surface area contributed by atoms with Crippen molar-refractivity contribution in [2.45, 2.75) is 12.8 Å². The second-order valence-electron chi connectivity index (χ2n) is 4.38. The highest BCUT2D eigenvalue weighted by molar-refractivity contribution is 5.98. The standard InChI is InChI=1S/C15H13NO2/c17-14-12-8-4-5-9-13(12)15(18)16(14)10-11-6-2-1-3-7-11/h1-9,14,17H,10H2/t14-/m1/s1.